The highest BCUT2D eigenvalue weighted by Gasteiger charge is 2.38. The molecule has 1 aliphatic heterocycles. The third kappa shape index (κ3) is 5.31. The second-order valence-corrected chi connectivity index (χ2v) is 6.68. The summed E-state index contributed by atoms with van der Waals surface area (Å²) in [5.74, 6) is 0.0410. The highest BCUT2D eigenvalue weighted by Crippen LogP contribution is 2.19. The van der Waals surface area contributed by atoms with Crippen molar-refractivity contribution >= 4 is 17.8 Å². The number of hydrogen-bond donors (Lipinski definition) is 2. The van der Waals surface area contributed by atoms with E-state index < -0.39 is 12.1 Å². The first kappa shape index (κ1) is 20.3. The summed E-state index contributed by atoms with van der Waals surface area (Å²) in [6, 6.07) is 11.7. The van der Waals surface area contributed by atoms with Gasteiger partial charge in [0.05, 0.1) is 13.5 Å². The van der Waals surface area contributed by atoms with Gasteiger partial charge in [-0.25, -0.2) is 4.79 Å². The van der Waals surface area contributed by atoms with Gasteiger partial charge in [-0.3, -0.25) is 19.5 Å². The van der Waals surface area contributed by atoms with E-state index in [9.17, 15) is 14.4 Å². The molecule has 1 atom stereocenters. The monoisotopic (exact) mass is 396 g/mol. The number of aromatic nitrogens is 1. The molecule has 3 rings (SSSR count). The maximum atomic E-state index is 12.5. The van der Waals surface area contributed by atoms with Crippen molar-refractivity contribution in [2.75, 3.05) is 20.2 Å². The van der Waals surface area contributed by atoms with Crippen LogP contribution in [0, 0.1) is 0 Å². The summed E-state index contributed by atoms with van der Waals surface area (Å²) in [5.41, 5.74) is 1.78. The lowest BCUT2D eigenvalue weighted by atomic mass is 10.1. The molecule has 2 aromatic rings. The Kier molecular flexibility index (Phi) is 6.78. The van der Waals surface area contributed by atoms with Crippen LogP contribution >= 0.6 is 0 Å². The van der Waals surface area contributed by atoms with E-state index in [1.54, 1.807) is 13.3 Å². The Labute approximate surface area is 169 Å². The van der Waals surface area contributed by atoms with E-state index in [1.807, 2.05) is 42.5 Å². The number of hydrogen-bond acceptors (Lipinski definition) is 5. The predicted octanol–water partition coefficient (Wildman–Crippen LogP) is 1.30. The normalized spacial score (nSPS) is 15.9. The minimum atomic E-state index is -0.838. The molecule has 1 saturated heterocycles. The Hall–Kier alpha value is -3.42. The second-order valence-electron chi connectivity index (χ2n) is 6.68. The minimum absolute atomic E-state index is 0.0854. The van der Waals surface area contributed by atoms with Crippen LogP contribution in [0.25, 0.3) is 0 Å². The van der Waals surface area contributed by atoms with Gasteiger partial charge in [0, 0.05) is 31.4 Å². The molecule has 152 valence electrons. The maximum Gasteiger partial charge on any atom is 0.324 e. The summed E-state index contributed by atoms with van der Waals surface area (Å²) >= 11 is 0. The highest BCUT2D eigenvalue weighted by molar-refractivity contribution is 6.05. The van der Waals surface area contributed by atoms with E-state index in [0.717, 1.165) is 16.2 Å². The quantitative estimate of drug-likeness (QED) is 0.623. The molecule has 2 heterocycles. The summed E-state index contributed by atoms with van der Waals surface area (Å²) in [6.07, 6.45) is 2.69. The smallest absolute Gasteiger partial charge is 0.324 e. The Morgan fingerprint density at radius 2 is 1.97 bits per heavy atom. The molecule has 1 aromatic heterocycles. The van der Waals surface area contributed by atoms with Crippen LogP contribution in [0.3, 0.4) is 0 Å². The molecule has 1 fully saturated rings. The fourth-order valence-corrected chi connectivity index (χ4v) is 3.20. The summed E-state index contributed by atoms with van der Waals surface area (Å²) in [4.78, 5) is 42.2. The van der Waals surface area contributed by atoms with Crippen molar-refractivity contribution in [2.24, 2.45) is 0 Å². The molecule has 1 aromatic carbocycles. The summed E-state index contributed by atoms with van der Waals surface area (Å²) in [6.45, 7) is 0.644. The van der Waals surface area contributed by atoms with Crippen molar-refractivity contribution in [3.05, 3.63) is 59.9 Å². The number of benzene rings is 1. The van der Waals surface area contributed by atoms with Crippen molar-refractivity contribution in [3.8, 4) is 5.75 Å². The van der Waals surface area contributed by atoms with Gasteiger partial charge in [0.1, 0.15) is 11.8 Å². The zero-order valence-corrected chi connectivity index (χ0v) is 16.3. The van der Waals surface area contributed by atoms with E-state index >= 15 is 0 Å². The molecule has 8 heteroatoms. The van der Waals surface area contributed by atoms with Gasteiger partial charge in [-0.05, 0) is 30.2 Å². The number of carbonyl (C=O) groups is 3. The number of amides is 4. The summed E-state index contributed by atoms with van der Waals surface area (Å²) < 4.78 is 5.30. The third-order valence-electron chi connectivity index (χ3n) is 4.72. The number of para-hydroxylation sites is 1. The fourth-order valence-electron chi connectivity index (χ4n) is 3.20. The van der Waals surface area contributed by atoms with Gasteiger partial charge in [-0.2, -0.15) is 0 Å². The molecule has 0 bridgehead atoms. The molecule has 1 aliphatic rings. The largest absolute Gasteiger partial charge is 0.496 e. The molecule has 29 heavy (non-hydrogen) atoms. The van der Waals surface area contributed by atoms with E-state index in [2.05, 4.69) is 15.6 Å². The number of urea groups is 1. The molecule has 0 saturated carbocycles. The second kappa shape index (κ2) is 9.68. The van der Waals surface area contributed by atoms with Crippen LogP contribution in [-0.2, 0) is 22.4 Å². The topological polar surface area (TPSA) is 101 Å². The zero-order chi connectivity index (χ0) is 20.6. The molecule has 1 unspecified atom stereocenters. The standard InChI is InChI=1S/C21H24N4O4/c1-29-18-8-3-2-6-15(18)10-13-25-20(27)17(24-21(25)28)14-19(26)23-12-9-16-7-4-5-11-22-16/h2-8,11,17H,9-10,12-14H2,1H3,(H,23,26)(H,24,28). The van der Waals surface area contributed by atoms with Gasteiger partial charge < -0.3 is 15.4 Å². The highest BCUT2D eigenvalue weighted by atomic mass is 16.5. The fraction of sp³-hybridized carbons (Fsp3) is 0.333. The van der Waals surface area contributed by atoms with Gasteiger partial charge in [0.15, 0.2) is 0 Å². The molecular weight excluding hydrogens is 372 g/mol. The van der Waals surface area contributed by atoms with Gasteiger partial charge >= 0.3 is 6.03 Å². The molecule has 4 amide bonds. The van der Waals surface area contributed by atoms with E-state index in [4.69, 9.17) is 4.74 Å². The molecular formula is C21H24N4O4. The third-order valence-corrected chi connectivity index (χ3v) is 4.72. The number of rotatable bonds is 9. The Balaban J connectivity index is 1.47. The van der Waals surface area contributed by atoms with Crippen molar-refractivity contribution < 1.29 is 19.1 Å². The Bertz CT molecular complexity index is 872. The lowest BCUT2D eigenvalue weighted by molar-refractivity contribution is -0.130. The van der Waals surface area contributed by atoms with Crippen LogP contribution in [0.4, 0.5) is 4.79 Å². The number of nitrogens with one attached hydrogen (secondary N) is 2. The Morgan fingerprint density at radius 3 is 2.72 bits per heavy atom. The zero-order valence-electron chi connectivity index (χ0n) is 16.3. The van der Waals surface area contributed by atoms with Gasteiger partial charge in [-0.1, -0.05) is 24.3 Å². The van der Waals surface area contributed by atoms with Crippen molar-refractivity contribution in [1.29, 1.82) is 0 Å². The Morgan fingerprint density at radius 1 is 1.17 bits per heavy atom. The molecule has 0 radical (unpaired) electrons. The van der Waals surface area contributed by atoms with E-state index in [-0.39, 0.29) is 24.8 Å². The molecule has 2 N–H and O–H groups in total. The van der Waals surface area contributed by atoms with Crippen LogP contribution in [-0.4, -0.2) is 54.0 Å². The van der Waals surface area contributed by atoms with Crippen LogP contribution in [0.1, 0.15) is 17.7 Å². The number of methoxy groups -OCH3 is 1. The van der Waals surface area contributed by atoms with Crippen molar-refractivity contribution in [1.82, 2.24) is 20.5 Å². The van der Waals surface area contributed by atoms with E-state index in [0.29, 0.717) is 25.1 Å². The number of nitrogens with zero attached hydrogens (tertiary/aromatic N) is 2. The number of imide groups is 1. The van der Waals surface area contributed by atoms with E-state index in [1.165, 1.54) is 0 Å². The SMILES string of the molecule is COc1ccccc1CCN1C(=O)NC(CC(=O)NCCc2ccccn2)C1=O. The van der Waals surface area contributed by atoms with Gasteiger partial charge in [0.2, 0.25) is 5.91 Å². The average Bonchev–Trinajstić information content (AvgIpc) is 3.00. The molecule has 8 nitrogen and oxygen atoms in total. The first-order chi connectivity index (χ1) is 14.1. The predicted molar refractivity (Wildman–Crippen MR) is 106 cm³/mol. The molecule has 0 aliphatic carbocycles. The lowest BCUT2D eigenvalue weighted by Gasteiger charge is -2.14. The van der Waals surface area contributed by atoms with Gasteiger partial charge in [0.25, 0.3) is 5.91 Å². The molecule has 0 spiro atoms. The average molecular weight is 396 g/mol. The van der Waals surface area contributed by atoms with Crippen LogP contribution < -0.4 is 15.4 Å². The number of ether oxygens (including phenoxy) is 1. The lowest BCUT2D eigenvalue weighted by Crippen LogP contribution is -2.37. The van der Waals surface area contributed by atoms with Crippen molar-refractivity contribution in [3.63, 3.8) is 0 Å². The van der Waals surface area contributed by atoms with Crippen LogP contribution in [0.15, 0.2) is 48.7 Å². The number of carbonyl (C=O) groups excluding carboxylic acids is 3. The summed E-state index contributed by atoms with van der Waals surface area (Å²) in [5, 5.41) is 5.35. The minimum Gasteiger partial charge on any atom is -0.496 e. The first-order valence-electron chi connectivity index (χ1n) is 9.49. The van der Waals surface area contributed by atoms with Crippen LogP contribution in [0.2, 0.25) is 0 Å². The first-order valence-corrected chi connectivity index (χ1v) is 9.49. The van der Waals surface area contributed by atoms with Crippen LogP contribution in [0.5, 0.6) is 5.75 Å². The maximum absolute atomic E-state index is 12.5. The number of pyridine rings is 1. The summed E-state index contributed by atoms with van der Waals surface area (Å²) in [7, 11) is 1.58. The van der Waals surface area contributed by atoms with Crippen molar-refractivity contribution in [2.45, 2.75) is 25.3 Å². The van der Waals surface area contributed by atoms with Gasteiger partial charge in [-0.15, -0.1) is 0 Å².